The topological polar surface area (TPSA) is 75.0 Å². The number of esters is 1. The van der Waals surface area contributed by atoms with Crippen molar-refractivity contribution >= 4 is 11.7 Å². The molecule has 23 heavy (non-hydrogen) atoms. The molecule has 0 radical (unpaired) electrons. The SMILES string of the molecule is COC(=O)c1cn2cc(CC3CCOC3)nc2nc1OC(C)C. The van der Waals surface area contributed by atoms with E-state index in [1.807, 2.05) is 20.0 Å². The van der Waals surface area contributed by atoms with Crippen molar-refractivity contribution < 1.29 is 19.0 Å². The molecule has 0 bridgehead atoms. The van der Waals surface area contributed by atoms with Crippen LogP contribution in [-0.4, -0.2) is 46.8 Å². The highest BCUT2D eigenvalue weighted by Crippen LogP contribution is 2.22. The largest absolute Gasteiger partial charge is 0.474 e. The molecule has 1 fully saturated rings. The summed E-state index contributed by atoms with van der Waals surface area (Å²) in [7, 11) is 1.34. The van der Waals surface area contributed by atoms with Crippen molar-refractivity contribution in [3.63, 3.8) is 0 Å². The smallest absolute Gasteiger partial charge is 0.344 e. The van der Waals surface area contributed by atoms with Crippen LogP contribution in [0.15, 0.2) is 12.4 Å². The molecule has 0 amide bonds. The lowest BCUT2D eigenvalue weighted by Crippen LogP contribution is -2.13. The predicted molar refractivity (Wildman–Crippen MR) is 82.7 cm³/mol. The number of rotatable bonds is 5. The van der Waals surface area contributed by atoms with Gasteiger partial charge in [-0.15, -0.1) is 0 Å². The number of carbonyl (C=O) groups is 1. The lowest BCUT2D eigenvalue weighted by atomic mass is 10.0. The molecule has 0 saturated carbocycles. The molecule has 2 aromatic heterocycles. The van der Waals surface area contributed by atoms with E-state index in [1.165, 1.54) is 7.11 Å². The minimum atomic E-state index is -0.477. The number of ether oxygens (including phenoxy) is 3. The van der Waals surface area contributed by atoms with Gasteiger partial charge in [-0.2, -0.15) is 4.98 Å². The van der Waals surface area contributed by atoms with Crippen LogP contribution in [0.25, 0.3) is 5.78 Å². The lowest BCUT2D eigenvalue weighted by Gasteiger charge is -2.11. The van der Waals surface area contributed by atoms with E-state index in [2.05, 4.69) is 9.97 Å². The number of hydrogen-bond donors (Lipinski definition) is 0. The first-order valence-electron chi connectivity index (χ1n) is 7.78. The fourth-order valence-corrected chi connectivity index (χ4v) is 2.66. The van der Waals surface area contributed by atoms with Crippen LogP contribution >= 0.6 is 0 Å². The molecule has 2 aromatic rings. The van der Waals surface area contributed by atoms with E-state index in [1.54, 1.807) is 10.6 Å². The molecule has 0 spiro atoms. The van der Waals surface area contributed by atoms with Crippen LogP contribution < -0.4 is 4.74 Å². The third-order valence-electron chi connectivity index (χ3n) is 3.74. The number of carbonyl (C=O) groups excluding carboxylic acids is 1. The van der Waals surface area contributed by atoms with Crippen LogP contribution in [0.4, 0.5) is 0 Å². The fourth-order valence-electron chi connectivity index (χ4n) is 2.66. The van der Waals surface area contributed by atoms with Gasteiger partial charge in [0.15, 0.2) is 0 Å². The van der Waals surface area contributed by atoms with Crippen LogP contribution in [0.5, 0.6) is 5.88 Å². The summed E-state index contributed by atoms with van der Waals surface area (Å²) in [4.78, 5) is 20.9. The Bertz CT molecular complexity index is 705. The maximum absolute atomic E-state index is 12.0. The van der Waals surface area contributed by atoms with Crippen molar-refractivity contribution in [1.82, 2.24) is 14.4 Å². The van der Waals surface area contributed by atoms with Crippen LogP contribution in [0.1, 0.15) is 36.3 Å². The van der Waals surface area contributed by atoms with Gasteiger partial charge in [-0.05, 0) is 32.6 Å². The molecular formula is C16H21N3O4. The summed E-state index contributed by atoms with van der Waals surface area (Å²) in [5, 5.41) is 0. The standard InChI is InChI=1S/C16H21N3O4/c1-10(2)23-14-13(15(20)21-3)8-19-7-12(17-16(19)18-14)6-11-4-5-22-9-11/h7-8,10-11H,4-6,9H2,1-3H3. The van der Waals surface area contributed by atoms with Crippen molar-refractivity contribution in [2.24, 2.45) is 5.92 Å². The number of methoxy groups -OCH3 is 1. The van der Waals surface area contributed by atoms with Gasteiger partial charge in [0.05, 0.1) is 18.9 Å². The van der Waals surface area contributed by atoms with Crippen molar-refractivity contribution in [3.05, 3.63) is 23.7 Å². The van der Waals surface area contributed by atoms with Crippen LogP contribution in [0.3, 0.4) is 0 Å². The van der Waals surface area contributed by atoms with Crippen molar-refractivity contribution in [1.29, 1.82) is 0 Å². The van der Waals surface area contributed by atoms with Crippen LogP contribution in [-0.2, 0) is 15.9 Å². The number of imidazole rings is 1. The molecule has 3 heterocycles. The molecule has 0 aliphatic carbocycles. The molecule has 1 aliphatic heterocycles. The van der Waals surface area contributed by atoms with Gasteiger partial charge >= 0.3 is 5.97 Å². The summed E-state index contributed by atoms with van der Waals surface area (Å²) in [6.45, 7) is 5.35. The summed E-state index contributed by atoms with van der Waals surface area (Å²) >= 11 is 0. The van der Waals surface area contributed by atoms with Gasteiger partial charge < -0.3 is 14.2 Å². The van der Waals surface area contributed by atoms with Gasteiger partial charge in [-0.25, -0.2) is 9.78 Å². The summed E-state index contributed by atoms with van der Waals surface area (Å²) in [6, 6.07) is 0. The predicted octanol–water partition coefficient (Wildman–Crippen LogP) is 1.88. The fraction of sp³-hybridized carbons (Fsp3) is 0.562. The zero-order chi connectivity index (χ0) is 16.4. The highest BCUT2D eigenvalue weighted by Gasteiger charge is 2.21. The molecule has 1 saturated heterocycles. The normalized spacial score (nSPS) is 17.8. The first-order valence-corrected chi connectivity index (χ1v) is 7.78. The Labute approximate surface area is 134 Å². The number of fused-ring (bicyclic) bond motifs is 1. The molecule has 1 aliphatic rings. The Morgan fingerprint density at radius 2 is 2.26 bits per heavy atom. The van der Waals surface area contributed by atoms with Gasteiger partial charge in [-0.1, -0.05) is 0 Å². The average Bonchev–Trinajstić information content (AvgIpc) is 3.14. The van der Waals surface area contributed by atoms with E-state index < -0.39 is 5.97 Å². The third-order valence-corrected chi connectivity index (χ3v) is 3.74. The highest BCUT2D eigenvalue weighted by molar-refractivity contribution is 5.91. The average molecular weight is 319 g/mol. The van der Waals surface area contributed by atoms with Gasteiger partial charge in [0, 0.05) is 25.6 Å². The maximum Gasteiger partial charge on any atom is 0.344 e. The summed E-state index contributed by atoms with van der Waals surface area (Å²) in [6.07, 6.45) is 5.35. The Morgan fingerprint density at radius 3 is 2.91 bits per heavy atom. The van der Waals surface area contributed by atoms with E-state index >= 15 is 0 Å². The molecule has 1 unspecified atom stereocenters. The third kappa shape index (κ3) is 3.44. The van der Waals surface area contributed by atoms with E-state index in [-0.39, 0.29) is 12.0 Å². The molecule has 0 N–H and O–H groups in total. The summed E-state index contributed by atoms with van der Waals surface area (Å²) in [5.41, 5.74) is 1.23. The summed E-state index contributed by atoms with van der Waals surface area (Å²) < 4.78 is 17.6. The van der Waals surface area contributed by atoms with Gasteiger partial charge in [-0.3, -0.25) is 4.40 Å². The monoisotopic (exact) mass is 319 g/mol. The molecule has 0 aromatic carbocycles. The van der Waals surface area contributed by atoms with E-state index in [0.29, 0.717) is 17.3 Å². The highest BCUT2D eigenvalue weighted by atomic mass is 16.5. The molecular weight excluding hydrogens is 298 g/mol. The first-order chi connectivity index (χ1) is 11.1. The van der Waals surface area contributed by atoms with Crippen molar-refractivity contribution in [2.45, 2.75) is 32.8 Å². The Hall–Kier alpha value is -2.15. The first kappa shape index (κ1) is 15.7. The second-order valence-corrected chi connectivity index (χ2v) is 5.99. The zero-order valence-corrected chi connectivity index (χ0v) is 13.6. The Balaban J connectivity index is 1.95. The molecule has 3 rings (SSSR count). The van der Waals surface area contributed by atoms with Crippen molar-refractivity contribution in [3.8, 4) is 5.88 Å². The Kier molecular flexibility index (Phi) is 4.47. The second-order valence-electron chi connectivity index (χ2n) is 5.99. The van der Waals surface area contributed by atoms with Crippen LogP contribution in [0.2, 0.25) is 0 Å². The molecule has 7 heteroatoms. The molecule has 7 nitrogen and oxygen atoms in total. The van der Waals surface area contributed by atoms with E-state index in [9.17, 15) is 4.79 Å². The van der Waals surface area contributed by atoms with Gasteiger partial charge in [0.1, 0.15) is 5.56 Å². The van der Waals surface area contributed by atoms with Gasteiger partial charge in [0.2, 0.25) is 11.7 Å². The molecule has 124 valence electrons. The number of aromatic nitrogens is 3. The minimum absolute atomic E-state index is 0.0987. The van der Waals surface area contributed by atoms with Crippen molar-refractivity contribution in [2.75, 3.05) is 20.3 Å². The second kappa shape index (κ2) is 6.54. The maximum atomic E-state index is 12.0. The zero-order valence-electron chi connectivity index (χ0n) is 13.6. The Morgan fingerprint density at radius 1 is 1.43 bits per heavy atom. The van der Waals surface area contributed by atoms with E-state index in [0.717, 1.165) is 31.7 Å². The number of hydrogen-bond acceptors (Lipinski definition) is 6. The van der Waals surface area contributed by atoms with Gasteiger partial charge in [0.25, 0.3) is 0 Å². The quantitative estimate of drug-likeness (QED) is 0.783. The minimum Gasteiger partial charge on any atom is -0.474 e. The summed E-state index contributed by atoms with van der Waals surface area (Å²) in [5.74, 6) is 0.781. The van der Waals surface area contributed by atoms with Crippen LogP contribution in [0, 0.1) is 5.92 Å². The lowest BCUT2D eigenvalue weighted by molar-refractivity contribution is 0.0592. The van der Waals surface area contributed by atoms with E-state index in [4.69, 9.17) is 14.2 Å². The number of nitrogens with zero attached hydrogens (tertiary/aromatic N) is 3. The molecule has 1 atom stereocenters.